The standard InChI is InChI=1S/C22H26N4O/c1-16(2)26-20(27)14-13-18(23-26)21-19-12-8-9-15-25(19)24-22(21)17-10-6-4-3-5-7-11-17/h8-10,12-16H,3-7,11H2,1-2H3. The molecule has 27 heavy (non-hydrogen) atoms. The quantitative estimate of drug-likeness (QED) is 0.667. The number of rotatable bonds is 3. The van der Waals surface area contributed by atoms with Crippen LogP contribution in [0.15, 0.2) is 47.4 Å². The van der Waals surface area contributed by atoms with E-state index >= 15 is 0 Å². The van der Waals surface area contributed by atoms with E-state index in [0.29, 0.717) is 0 Å². The molecular formula is C22H26N4O. The Morgan fingerprint density at radius 2 is 1.85 bits per heavy atom. The highest BCUT2D eigenvalue weighted by Gasteiger charge is 2.20. The number of nitrogens with zero attached hydrogens (tertiary/aromatic N) is 4. The summed E-state index contributed by atoms with van der Waals surface area (Å²) in [4.78, 5) is 12.2. The summed E-state index contributed by atoms with van der Waals surface area (Å²) in [6.45, 7) is 3.96. The van der Waals surface area contributed by atoms with Crippen molar-refractivity contribution in [1.82, 2.24) is 19.4 Å². The topological polar surface area (TPSA) is 52.2 Å². The maximum atomic E-state index is 12.2. The monoisotopic (exact) mass is 362 g/mol. The Morgan fingerprint density at radius 3 is 2.70 bits per heavy atom. The SMILES string of the molecule is CC(C)n1nc(-c2c(C3=CCCCCCC3)nn3ccccc23)ccc1=O. The van der Waals surface area contributed by atoms with Gasteiger partial charge in [0.15, 0.2) is 0 Å². The number of allylic oxidation sites excluding steroid dienone is 2. The van der Waals surface area contributed by atoms with Crippen LogP contribution < -0.4 is 5.56 Å². The van der Waals surface area contributed by atoms with Crippen LogP contribution in [0.4, 0.5) is 0 Å². The Labute approximate surface area is 159 Å². The van der Waals surface area contributed by atoms with Gasteiger partial charge in [0.1, 0.15) is 0 Å². The van der Waals surface area contributed by atoms with Crippen LogP contribution >= 0.6 is 0 Å². The third kappa shape index (κ3) is 3.46. The summed E-state index contributed by atoms with van der Waals surface area (Å²) in [6.07, 6.45) is 11.5. The lowest BCUT2D eigenvalue weighted by Crippen LogP contribution is -2.24. The summed E-state index contributed by atoms with van der Waals surface area (Å²) in [5.74, 6) is 0. The van der Waals surface area contributed by atoms with Crippen LogP contribution in [0.1, 0.15) is 64.1 Å². The van der Waals surface area contributed by atoms with Gasteiger partial charge in [-0.3, -0.25) is 4.79 Å². The molecule has 0 atom stereocenters. The van der Waals surface area contributed by atoms with E-state index in [1.54, 1.807) is 10.7 Å². The molecule has 5 nitrogen and oxygen atoms in total. The molecule has 5 heteroatoms. The van der Waals surface area contributed by atoms with Gasteiger partial charge in [0.05, 0.1) is 28.5 Å². The number of hydrogen-bond acceptors (Lipinski definition) is 3. The first-order chi connectivity index (χ1) is 13.1. The summed E-state index contributed by atoms with van der Waals surface area (Å²) >= 11 is 0. The first-order valence-electron chi connectivity index (χ1n) is 9.92. The first-order valence-corrected chi connectivity index (χ1v) is 9.92. The molecule has 0 fully saturated rings. The third-order valence-electron chi connectivity index (χ3n) is 5.21. The minimum Gasteiger partial charge on any atom is -0.268 e. The van der Waals surface area contributed by atoms with Crippen molar-refractivity contribution in [3.8, 4) is 11.3 Å². The smallest absolute Gasteiger partial charge is 0.267 e. The average Bonchev–Trinajstić information content (AvgIpc) is 3.01. The van der Waals surface area contributed by atoms with E-state index in [-0.39, 0.29) is 11.6 Å². The molecular weight excluding hydrogens is 336 g/mol. The highest BCUT2D eigenvalue weighted by Crippen LogP contribution is 2.34. The molecule has 0 N–H and O–H groups in total. The van der Waals surface area contributed by atoms with Crippen LogP contribution in [0.2, 0.25) is 0 Å². The molecule has 0 amide bonds. The highest BCUT2D eigenvalue weighted by atomic mass is 16.1. The van der Waals surface area contributed by atoms with Crippen molar-refractivity contribution >= 4 is 11.1 Å². The van der Waals surface area contributed by atoms with Crippen LogP contribution in [0.3, 0.4) is 0 Å². The third-order valence-corrected chi connectivity index (χ3v) is 5.21. The van der Waals surface area contributed by atoms with Gasteiger partial charge in [-0.15, -0.1) is 0 Å². The average molecular weight is 362 g/mol. The lowest BCUT2D eigenvalue weighted by molar-refractivity contribution is 0.505. The molecule has 140 valence electrons. The van der Waals surface area contributed by atoms with Gasteiger partial charge in [0.25, 0.3) is 5.56 Å². The van der Waals surface area contributed by atoms with Gasteiger partial charge in [-0.05, 0) is 63.3 Å². The number of pyridine rings is 1. The first kappa shape index (κ1) is 17.7. The highest BCUT2D eigenvalue weighted by molar-refractivity contribution is 5.88. The second-order valence-corrected chi connectivity index (χ2v) is 7.53. The normalized spacial score (nSPS) is 15.6. The van der Waals surface area contributed by atoms with Gasteiger partial charge in [0.2, 0.25) is 0 Å². The molecule has 0 unspecified atom stereocenters. The second-order valence-electron chi connectivity index (χ2n) is 7.53. The summed E-state index contributed by atoms with van der Waals surface area (Å²) in [7, 11) is 0. The van der Waals surface area contributed by atoms with Crippen molar-refractivity contribution in [3.63, 3.8) is 0 Å². The number of hydrogen-bond donors (Lipinski definition) is 0. The van der Waals surface area contributed by atoms with Crippen LogP contribution in [0.5, 0.6) is 0 Å². The zero-order valence-electron chi connectivity index (χ0n) is 16.1. The largest absolute Gasteiger partial charge is 0.268 e. The molecule has 0 saturated carbocycles. The van der Waals surface area contributed by atoms with E-state index in [1.807, 2.05) is 42.8 Å². The predicted molar refractivity (Wildman–Crippen MR) is 109 cm³/mol. The van der Waals surface area contributed by atoms with Gasteiger partial charge in [-0.25, -0.2) is 9.20 Å². The predicted octanol–water partition coefficient (Wildman–Crippen LogP) is 4.88. The Morgan fingerprint density at radius 1 is 1.00 bits per heavy atom. The Balaban J connectivity index is 1.94. The summed E-state index contributed by atoms with van der Waals surface area (Å²) in [5, 5.41) is 9.59. The van der Waals surface area contributed by atoms with Crippen molar-refractivity contribution in [2.75, 3.05) is 0 Å². The maximum absolute atomic E-state index is 12.2. The molecule has 1 aliphatic carbocycles. The zero-order chi connectivity index (χ0) is 18.8. The van der Waals surface area contributed by atoms with E-state index < -0.39 is 0 Å². The molecule has 0 radical (unpaired) electrons. The van der Waals surface area contributed by atoms with Crippen LogP contribution in [0, 0.1) is 0 Å². The van der Waals surface area contributed by atoms with Gasteiger partial charge in [0, 0.05) is 12.3 Å². The fourth-order valence-corrected chi connectivity index (χ4v) is 3.81. The molecule has 1 aliphatic rings. The van der Waals surface area contributed by atoms with Crippen LogP contribution in [-0.4, -0.2) is 19.4 Å². The van der Waals surface area contributed by atoms with Crippen molar-refractivity contribution in [1.29, 1.82) is 0 Å². The number of fused-ring (bicyclic) bond motifs is 1. The molecule has 0 aliphatic heterocycles. The van der Waals surface area contributed by atoms with Crippen LogP contribution in [0.25, 0.3) is 22.3 Å². The van der Waals surface area contributed by atoms with Gasteiger partial charge < -0.3 is 0 Å². The molecule has 0 bridgehead atoms. The molecule has 0 spiro atoms. The van der Waals surface area contributed by atoms with E-state index in [1.165, 1.54) is 31.3 Å². The minimum atomic E-state index is -0.0723. The van der Waals surface area contributed by atoms with Crippen LogP contribution in [-0.2, 0) is 0 Å². The Kier molecular flexibility index (Phi) is 4.92. The van der Waals surface area contributed by atoms with Crippen molar-refractivity contribution in [3.05, 3.63) is 58.7 Å². The van der Waals surface area contributed by atoms with Gasteiger partial charge in [-0.2, -0.15) is 10.2 Å². The van der Waals surface area contributed by atoms with E-state index in [2.05, 4.69) is 17.2 Å². The second kappa shape index (κ2) is 7.51. The van der Waals surface area contributed by atoms with Gasteiger partial charge >= 0.3 is 0 Å². The Hall–Kier alpha value is -2.69. The summed E-state index contributed by atoms with van der Waals surface area (Å²) < 4.78 is 3.48. The van der Waals surface area contributed by atoms with E-state index in [0.717, 1.165) is 35.3 Å². The van der Waals surface area contributed by atoms with E-state index in [9.17, 15) is 4.79 Å². The Bertz CT molecular complexity index is 1040. The molecule has 3 heterocycles. The fraction of sp³-hybridized carbons (Fsp3) is 0.409. The lowest BCUT2D eigenvalue weighted by atomic mass is 9.95. The molecule has 4 rings (SSSR count). The zero-order valence-corrected chi connectivity index (χ0v) is 16.1. The molecule has 3 aromatic rings. The van der Waals surface area contributed by atoms with Crippen molar-refractivity contribution in [2.45, 2.75) is 58.4 Å². The summed E-state index contributed by atoms with van der Waals surface area (Å²) in [6, 6.07) is 9.55. The maximum Gasteiger partial charge on any atom is 0.267 e. The van der Waals surface area contributed by atoms with Crippen molar-refractivity contribution < 1.29 is 0 Å². The molecule has 3 aromatic heterocycles. The van der Waals surface area contributed by atoms with Crippen molar-refractivity contribution in [2.24, 2.45) is 0 Å². The van der Waals surface area contributed by atoms with E-state index in [4.69, 9.17) is 5.10 Å². The lowest BCUT2D eigenvalue weighted by Gasteiger charge is -2.13. The minimum absolute atomic E-state index is 0.0170. The molecule has 0 saturated heterocycles. The van der Waals surface area contributed by atoms with Gasteiger partial charge in [-0.1, -0.05) is 25.0 Å². The molecule has 0 aromatic carbocycles. The summed E-state index contributed by atoms with van der Waals surface area (Å²) in [5.41, 5.74) is 5.09. The number of aromatic nitrogens is 4. The fourth-order valence-electron chi connectivity index (χ4n) is 3.81.